The van der Waals surface area contributed by atoms with Crippen molar-refractivity contribution in [3.05, 3.63) is 29.3 Å². The fourth-order valence-corrected chi connectivity index (χ4v) is 1.87. The van der Waals surface area contributed by atoms with Gasteiger partial charge in [0.25, 0.3) is 5.91 Å². The van der Waals surface area contributed by atoms with E-state index in [0.29, 0.717) is 12.0 Å². The molecule has 0 saturated carbocycles. The van der Waals surface area contributed by atoms with Crippen molar-refractivity contribution >= 4 is 23.3 Å². The van der Waals surface area contributed by atoms with Gasteiger partial charge in [-0.25, -0.2) is 4.79 Å². The molecular formula is C15H19NO4. The number of aromatic carboxylic acids is 1. The van der Waals surface area contributed by atoms with Gasteiger partial charge in [0.15, 0.2) is 0 Å². The van der Waals surface area contributed by atoms with Crippen molar-refractivity contribution in [2.75, 3.05) is 5.32 Å². The number of Topliss-reactive ketones (excluding diaryl/α,β-unsaturated/α-hetero) is 1. The lowest BCUT2D eigenvalue weighted by atomic mass is 10.0. The quantitative estimate of drug-likeness (QED) is 0.782. The number of hydrogen-bond donors (Lipinski definition) is 2. The molecule has 0 unspecified atom stereocenters. The summed E-state index contributed by atoms with van der Waals surface area (Å²) >= 11 is 0. The molecule has 0 saturated heterocycles. The minimum absolute atomic E-state index is 0.00459. The lowest BCUT2D eigenvalue weighted by Gasteiger charge is -2.12. The molecule has 1 aromatic rings. The maximum absolute atomic E-state index is 11.8. The molecule has 0 spiro atoms. The summed E-state index contributed by atoms with van der Waals surface area (Å²) < 4.78 is 0. The molecule has 1 rings (SSSR count). The van der Waals surface area contributed by atoms with Crippen LogP contribution in [-0.2, 0) is 16.0 Å². The van der Waals surface area contributed by atoms with Crippen LogP contribution in [0.15, 0.2) is 18.2 Å². The van der Waals surface area contributed by atoms with Gasteiger partial charge in [0.05, 0.1) is 11.3 Å². The monoisotopic (exact) mass is 277 g/mol. The molecule has 0 atom stereocenters. The topological polar surface area (TPSA) is 83.5 Å². The summed E-state index contributed by atoms with van der Waals surface area (Å²) in [4.78, 5) is 34.7. The first-order valence-corrected chi connectivity index (χ1v) is 6.56. The van der Waals surface area contributed by atoms with Crippen LogP contribution in [-0.4, -0.2) is 22.8 Å². The third-order valence-electron chi connectivity index (χ3n) is 2.85. The predicted molar refractivity (Wildman–Crippen MR) is 75.9 cm³/mol. The number of hydrogen-bond acceptors (Lipinski definition) is 3. The van der Waals surface area contributed by atoms with Crippen LogP contribution in [0.25, 0.3) is 0 Å². The smallest absolute Gasteiger partial charge is 0.337 e. The van der Waals surface area contributed by atoms with Gasteiger partial charge < -0.3 is 10.4 Å². The van der Waals surface area contributed by atoms with Crippen molar-refractivity contribution in [3.63, 3.8) is 0 Å². The highest BCUT2D eigenvalue weighted by molar-refractivity contribution is 6.41. The van der Waals surface area contributed by atoms with E-state index in [1.54, 1.807) is 12.1 Å². The van der Waals surface area contributed by atoms with E-state index in [9.17, 15) is 14.4 Å². The second-order valence-electron chi connectivity index (χ2n) is 4.97. The van der Waals surface area contributed by atoms with E-state index in [0.717, 1.165) is 0 Å². The lowest BCUT2D eigenvalue weighted by molar-refractivity contribution is -0.135. The fourth-order valence-electron chi connectivity index (χ4n) is 1.87. The van der Waals surface area contributed by atoms with Gasteiger partial charge in [0.1, 0.15) is 0 Å². The summed E-state index contributed by atoms with van der Waals surface area (Å²) in [6, 6.07) is 4.76. The SMILES string of the molecule is CCc1cccc(C(=O)O)c1NC(=O)C(=O)CC(C)C. The third kappa shape index (κ3) is 3.91. The number of carbonyl (C=O) groups is 3. The molecule has 1 aromatic carbocycles. The summed E-state index contributed by atoms with van der Waals surface area (Å²) in [5, 5.41) is 11.6. The van der Waals surface area contributed by atoms with Gasteiger partial charge in [-0.1, -0.05) is 32.9 Å². The zero-order chi connectivity index (χ0) is 15.3. The summed E-state index contributed by atoms with van der Waals surface area (Å²) in [6.45, 7) is 5.54. The average Bonchev–Trinajstić information content (AvgIpc) is 2.37. The zero-order valence-corrected chi connectivity index (χ0v) is 11.9. The van der Waals surface area contributed by atoms with E-state index < -0.39 is 17.7 Å². The number of carbonyl (C=O) groups excluding carboxylic acids is 2. The first-order valence-electron chi connectivity index (χ1n) is 6.56. The molecule has 0 aliphatic heterocycles. The van der Waals surface area contributed by atoms with Crippen LogP contribution in [0.4, 0.5) is 5.69 Å². The Morgan fingerprint density at radius 2 is 1.90 bits per heavy atom. The van der Waals surface area contributed by atoms with Gasteiger partial charge >= 0.3 is 5.97 Å². The summed E-state index contributed by atoms with van der Waals surface area (Å²) in [7, 11) is 0. The van der Waals surface area contributed by atoms with Crippen molar-refractivity contribution in [2.45, 2.75) is 33.6 Å². The molecule has 0 aliphatic rings. The molecule has 0 heterocycles. The van der Waals surface area contributed by atoms with E-state index in [-0.39, 0.29) is 23.6 Å². The van der Waals surface area contributed by atoms with Crippen LogP contribution in [0.5, 0.6) is 0 Å². The van der Waals surface area contributed by atoms with Crippen LogP contribution < -0.4 is 5.32 Å². The number of para-hydroxylation sites is 1. The standard InChI is InChI=1S/C15H19NO4/c1-4-10-6-5-7-11(15(19)20)13(10)16-14(18)12(17)8-9(2)3/h5-7,9H,4,8H2,1-3H3,(H,16,18)(H,19,20). The molecule has 0 aromatic heterocycles. The maximum Gasteiger partial charge on any atom is 0.337 e. The molecule has 0 bridgehead atoms. The zero-order valence-electron chi connectivity index (χ0n) is 11.9. The number of benzene rings is 1. The van der Waals surface area contributed by atoms with Crippen LogP contribution in [0.3, 0.4) is 0 Å². The Morgan fingerprint density at radius 3 is 2.40 bits per heavy atom. The van der Waals surface area contributed by atoms with Crippen LogP contribution in [0, 0.1) is 5.92 Å². The largest absolute Gasteiger partial charge is 0.478 e. The number of anilines is 1. The second kappa shape index (κ2) is 6.84. The van der Waals surface area contributed by atoms with Gasteiger partial charge in [-0.2, -0.15) is 0 Å². The van der Waals surface area contributed by atoms with E-state index in [1.165, 1.54) is 6.07 Å². The maximum atomic E-state index is 11.8. The molecule has 1 amide bonds. The van der Waals surface area contributed by atoms with Gasteiger partial charge in [0.2, 0.25) is 5.78 Å². The number of carboxylic acids is 1. The number of ketones is 1. The highest BCUT2D eigenvalue weighted by Gasteiger charge is 2.20. The minimum Gasteiger partial charge on any atom is -0.478 e. The summed E-state index contributed by atoms with van der Waals surface area (Å²) in [5.41, 5.74) is 0.898. The number of aryl methyl sites for hydroxylation is 1. The average molecular weight is 277 g/mol. The van der Waals surface area contributed by atoms with Gasteiger partial charge in [-0.05, 0) is 24.0 Å². The van der Waals surface area contributed by atoms with Crippen molar-refractivity contribution in [1.29, 1.82) is 0 Å². The lowest BCUT2D eigenvalue weighted by Crippen LogP contribution is -2.25. The van der Waals surface area contributed by atoms with Gasteiger partial charge in [0, 0.05) is 6.42 Å². The van der Waals surface area contributed by atoms with E-state index in [1.807, 2.05) is 20.8 Å². The molecule has 0 radical (unpaired) electrons. The molecule has 2 N–H and O–H groups in total. The van der Waals surface area contributed by atoms with Crippen LogP contribution >= 0.6 is 0 Å². The summed E-state index contributed by atoms with van der Waals surface area (Å²) in [5.74, 6) is -2.36. The number of amides is 1. The van der Waals surface area contributed by atoms with E-state index in [2.05, 4.69) is 5.32 Å². The molecule has 108 valence electrons. The molecule has 0 fully saturated rings. The molecule has 5 nitrogen and oxygen atoms in total. The highest BCUT2D eigenvalue weighted by atomic mass is 16.4. The molecule has 0 aliphatic carbocycles. The molecule has 5 heteroatoms. The summed E-state index contributed by atoms with van der Waals surface area (Å²) in [6.07, 6.45) is 0.706. The van der Waals surface area contributed by atoms with E-state index in [4.69, 9.17) is 5.11 Å². The van der Waals surface area contributed by atoms with Crippen LogP contribution in [0.2, 0.25) is 0 Å². The number of nitrogens with one attached hydrogen (secondary N) is 1. The van der Waals surface area contributed by atoms with Crippen molar-refractivity contribution in [1.82, 2.24) is 0 Å². The Hall–Kier alpha value is -2.17. The van der Waals surface area contributed by atoms with Crippen molar-refractivity contribution in [2.24, 2.45) is 5.92 Å². The number of rotatable bonds is 6. The van der Waals surface area contributed by atoms with Gasteiger partial charge in [-0.15, -0.1) is 0 Å². The first-order chi connectivity index (χ1) is 9.36. The third-order valence-corrected chi connectivity index (χ3v) is 2.85. The van der Waals surface area contributed by atoms with Crippen molar-refractivity contribution in [3.8, 4) is 0 Å². The Bertz CT molecular complexity index is 535. The van der Waals surface area contributed by atoms with Gasteiger partial charge in [-0.3, -0.25) is 9.59 Å². The van der Waals surface area contributed by atoms with E-state index >= 15 is 0 Å². The highest BCUT2D eigenvalue weighted by Crippen LogP contribution is 2.22. The Kier molecular flexibility index (Phi) is 5.43. The predicted octanol–water partition coefficient (Wildman–Crippen LogP) is 2.50. The number of carboxylic acid groups (broad SMARTS) is 1. The Labute approximate surface area is 118 Å². The van der Waals surface area contributed by atoms with Crippen LogP contribution in [0.1, 0.15) is 43.1 Å². The Balaban J connectivity index is 3.04. The normalized spacial score (nSPS) is 10.4. The molecular weight excluding hydrogens is 258 g/mol. The second-order valence-corrected chi connectivity index (χ2v) is 4.97. The van der Waals surface area contributed by atoms with Crippen molar-refractivity contribution < 1.29 is 19.5 Å². The molecule has 20 heavy (non-hydrogen) atoms. The minimum atomic E-state index is -1.13. The first kappa shape index (κ1) is 15.9. The Morgan fingerprint density at radius 1 is 1.25 bits per heavy atom. The fraction of sp³-hybridized carbons (Fsp3) is 0.400.